The number of anilines is 1. The number of rotatable bonds is 4. The van der Waals surface area contributed by atoms with Gasteiger partial charge in [-0.25, -0.2) is 9.97 Å². The highest BCUT2D eigenvalue weighted by Crippen LogP contribution is 2.47. The first-order valence-electron chi connectivity index (χ1n) is 11.8. The molecule has 9 nitrogen and oxygen atoms in total. The number of nitrogens with zero attached hydrogens (tertiary/aromatic N) is 5. The van der Waals surface area contributed by atoms with Gasteiger partial charge in [-0.05, 0) is 52.7 Å². The zero-order valence-corrected chi connectivity index (χ0v) is 21.1. The molecule has 0 spiro atoms. The largest absolute Gasteiger partial charge is 0.496 e. The minimum absolute atomic E-state index is 0.342. The smallest absolute Gasteiger partial charge is 0.142 e. The lowest BCUT2D eigenvalue weighted by atomic mass is 10.0. The van der Waals surface area contributed by atoms with Crippen LogP contribution in [0.2, 0.25) is 0 Å². The monoisotopic (exact) mass is 473 g/mol. The van der Waals surface area contributed by atoms with E-state index in [4.69, 9.17) is 15.0 Å². The van der Waals surface area contributed by atoms with Crippen LogP contribution in [0.25, 0.3) is 33.1 Å². The molecular weight excluding hydrogens is 442 g/mol. The Bertz CT molecular complexity index is 1520. The summed E-state index contributed by atoms with van der Waals surface area (Å²) in [6, 6.07) is 6.07. The molecule has 3 N–H and O–H groups in total. The fourth-order valence-electron chi connectivity index (χ4n) is 4.45. The van der Waals surface area contributed by atoms with E-state index >= 15 is 0 Å². The number of hydrogen-bond acceptors (Lipinski definition) is 7. The number of aromatic amines is 1. The van der Waals surface area contributed by atoms with Crippen molar-refractivity contribution in [2.24, 2.45) is 0 Å². The molecule has 1 saturated carbocycles. The molecule has 0 radical (unpaired) electrons. The van der Waals surface area contributed by atoms with Gasteiger partial charge >= 0.3 is 0 Å². The van der Waals surface area contributed by atoms with E-state index in [1.165, 1.54) is 18.5 Å². The van der Waals surface area contributed by atoms with Crippen molar-refractivity contribution < 1.29 is 9.26 Å². The molecule has 1 aliphatic rings. The molecule has 0 amide bonds. The van der Waals surface area contributed by atoms with E-state index in [-0.39, 0.29) is 0 Å². The van der Waals surface area contributed by atoms with Gasteiger partial charge in [0.2, 0.25) is 0 Å². The van der Waals surface area contributed by atoms with Crippen LogP contribution in [0.1, 0.15) is 49.7 Å². The molecule has 35 heavy (non-hydrogen) atoms. The van der Waals surface area contributed by atoms with Gasteiger partial charge in [-0.3, -0.25) is 4.68 Å². The van der Waals surface area contributed by atoms with E-state index in [9.17, 15) is 0 Å². The number of ether oxygens (including phenoxy) is 1. The highest BCUT2D eigenvalue weighted by atomic mass is 16.5. The van der Waals surface area contributed by atoms with Gasteiger partial charge in [-0.2, -0.15) is 5.10 Å². The lowest BCUT2D eigenvalue weighted by Gasteiger charge is -2.08. The van der Waals surface area contributed by atoms with Crippen LogP contribution in [-0.4, -0.2) is 37.0 Å². The van der Waals surface area contributed by atoms with Crippen molar-refractivity contribution in [3.05, 3.63) is 47.4 Å². The summed E-state index contributed by atoms with van der Waals surface area (Å²) in [7, 11) is 1.67. The summed E-state index contributed by atoms with van der Waals surface area (Å²) >= 11 is 0. The number of fused-ring (bicyclic) bond motifs is 3. The number of nitrogens with one attached hydrogen (secondary N) is 1. The number of H-pyrrole nitrogens is 1. The third-order valence-corrected chi connectivity index (χ3v) is 6.82. The van der Waals surface area contributed by atoms with Crippen molar-refractivity contribution >= 4 is 27.8 Å². The Balaban J connectivity index is 0.000000178. The number of nitrogen functional groups attached to an aromatic ring is 1. The molecule has 0 aliphatic heterocycles. The third-order valence-electron chi connectivity index (χ3n) is 6.82. The van der Waals surface area contributed by atoms with Crippen LogP contribution >= 0.6 is 0 Å². The van der Waals surface area contributed by atoms with Crippen molar-refractivity contribution in [1.82, 2.24) is 29.9 Å². The van der Waals surface area contributed by atoms with E-state index in [2.05, 4.69) is 45.1 Å². The average molecular weight is 474 g/mol. The molecule has 0 unspecified atom stereocenters. The number of benzene rings is 1. The Morgan fingerprint density at radius 1 is 1.17 bits per heavy atom. The minimum Gasteiger partial charge on any atom is -0.496 e. The molecule has 182 valence electrons. The van der Waals surface area contributed by atoms with Crippen molar-refractivity contribution in [2.75, 3.05) is 12.8 Å². The van der Waals surface area contributed by atoms with Gasteiger partial charge in [0.25, 0.3) is 0 Å². The molecular formula is C26H31N7O2. The molecule has 0 saturated heterocycles. The Morgan fingerprint density at radius 2 is 1.94 bits per heavy atom. The van der Waals surface area contributed by atoms with Crippen LogP contribution < -0.4 is 10.5 Å². The second kappa shape index (κ2) is 8.41. The summed E-state index contributed by atoms with van der Waals surface area (Å²) in [5, 5.41) is 10.5. The highest BCUT2D eigenvalue weighted by Gasteiger charge is 2.41. The maximum Gasteiger partial charge on any atom is 0.142 e. The Labute approximate surface area is 203 Å². The molecule has 1 aliphatic carbocycles. The fraction of sp³-hybridized carbons (Fsp3) is 0.385. The lowest BCUT2D eigenvalue weighted by molar-refractivity contribution is 0.393. The van der Waals surface area contributed by atoms with Crippen molar-refractivity contribution in [1.29, 1.82) is 0 Å². The number of nitrogens with two attached hydrogens (primary N) is 1. The summed E-state index contributed by atoms with van der Waals surface area (Å²) < 4.78 is 12.8. The zero-order chi connectivity index (χ0) is 24.9. The maximum atomic E-state index is 5.78. The van der Waals surface area contributed by atoms with Gasteiger partial charge in [-0.15, -0.1) is 0 Å². The van der Waals surface area contributed by atoms with E-state index in [0.29, 0.717) is 5.41 Å². The zero-order valence-electron chi connectivity index (χ0n) is 21.1. The molecule has 6 rings (SSSR count). The quantitative estimate of drug-likeness (QED) is 0.366. The van der Waals surface area contributed by atoms with Crippen LogP contribution in [0.3, 0.4) is 0 Å². The van der Waals surface area contributed by atoms with Crippen LogP contribution in [0, 0.1) is 20.8 Å². The Hall–Kier alpha value is -3.88. The molecule has 0 bridgehead atoms. The van der Waals surface area contributed by atoms with Crippen LogP contribution in [-0.2, 0) is 12.0 Å². The molecule has 4 aromatic heterocycles. The van der Waals surface area contributed by atoms with Gasteiger partial charge < -0.3 is 20.0 Å². The van der Waals surface area contributed by atoms with E-state index in [0.717, 1.165) is 68.5 Å². The molecule has 0 atom stereocenters. The summed E-state index contributed by atoms with van der Waals surface area (Å²) in [5.41, 5.74) is 11.8. The van der Waals surface area contributed by atoms with Crippen molar-refractivity contribution in [2.45, 2.75) is 59.4 Å². The second-order valence-corrected chi connectivity index (χ2v) is 9.43. The first kappa shape index (κ1) is 22.9. The first-order valence-corrected chi connectivity index (χ1v) is 11.8. The minimum atomic E-state index is 0.342. The topological polar surface area (TPSA) is 121 Å². The number of methoxy groups -OCH3 is 1. The predicted octanol–water partition coefficient (Wildman–Crippen LogP) is 5.24. The van der Waals surface area contributed by atoms with E-state index in [1.54, 1.807) is 7.11 Å². The fourth-order valence-corrected chi connectivity index (χ4v) is 4.45. The van der Waals surface area contributed by atoms with Crippen LogP contribution in [0.4, 0.5) is 5.82 Å². The van der Waals surface area contributed by atoms with Gasteiger partial charge in [0.15, 0.2) is 0 Å². The number of hydrogen-bond donors (Lipinski definition) is 2. The maximum absolute atomic E-state index is 5.78. The van der Waals surface area contributed by atoms with Gasteiger partial charge in [-0.1, -0.05) is 12.1 Å². The van der Waals surface area contributed by atoms with Crippen molar-refractivity contribution in [3.63, 3.8) is 0 Å². The molecule has 9 heteroatoms. The Morgan fingerprint density at radius 3 is 2.54 bits per heavy atom. The third kappa shape index (κ3) is 4.00. The lowest BCUT2D eigenvalue weighted by Crippen LogP contribution is -2.04. The average Bonchev–Trinajstić information content (AvgIpc) is 3.15. The summed E-state index contributed by atoms with van der Waals surface area (Å²) in [5.74, 6) is 3.07. The Kier molecular flexibility index (Phi) is 5.50. The van der Waals surface area contributed by atoms with Gasteiger partial charge in [0.05, 0.1) is 24.1 Å². The van der Waals surface area contributed by atoms with E-state index in [1.807, 2.05) is 43.8 Å². The summed E-state index contributed by atoms with van der Waals surface area (Å²) in [4.78, 5) is 12.1. The van der Waals surface area contributed by atoms with Crippen molar-refractivity contribution in [3.8, 4) is 16.9 Å². The van der Waals surface area contributed by atoms with Crippen LogP contribution in [0.15, 0.2) is 28.9 Å². The standard InChI is InChI=1S/C17H16N4O2.C9H15N3/c1-8-16(9(2)23-21-8)12-5-14-11(6-15(12)22-4)13-7-18-10(3)19-17(13)20-14;1-3-12-8(10)6-7(11-12)9(2)4-5-9/h5-7H,1-4H3,(H,18,19,20);6H,3-5,10H2,1-2H3. The van der Waals surface area contributed by atoms with Gasteiger partial charge in [0.1, 0.15) is 28.8 Å². The predicted molar refractivity (Wildman–Crippen MR) is 137 cm³/mol. The first-order chi connectivity index (χ1) is 16.7. The van der Waals surface area contributed by atoms with Crippen LogP contribution in [0.5, 0.6) is 5.75 Å². The second-order valence-electron chi connectivity index (χ2n) is 9.43. The SMILES string of the molecule is CCn1nc(C2(C)CC2)cc1N.COc1cc2c(cc1-c1c(C)noc1C)[nH]c1nc(C)ncc12. The summed E-state index contributed by atoms with van der Waals surface area (Å²) in [6.07, 6.45) is 4.35. The molecule has 1 fully saturated rings. The number of aromatic nitrogens is 6. The normalized spacial score (nSPS) is 14.2. The summed E-state index contributed by atoms with van der Waals surface area (Å²) in [6.45, 7) is 10.9. The van der Waals surface area contributed by atoms with E-state index < -0.39 is 0 Å². The van der Waals surface area contributed by atoms with Gasteiger partial charge in [0, 0.05) is 46.1 Å². The molecule has 4 heterocycles. The molecule has 5 aromatic rings. The molecule has 1 aromatic carbocycles. The number of aryl methyl sites for hydroxylation is 4. The highest BCUT2D eigenvalue weighted by molar-refractivity contribution is 6.07.